The molecule has 1 atom stereocenters. The normalized spacial score (nSPS) is 25.3. The topological polar surface area (TPSA) is 71.8 Å². The number of amides is 2. The molecule has 0 radical (unpaired) electrons. The van der Waals surface area contributed by atoms with Crippen LogP contribution in [0.3, 0.4) is 0 Å². The number of aryl methyl sites for hydroxylation is 1. The minimum Gasteiger partial charge on any atom is -0.456 e. The summed E-state index contributed by atoms with van der Waals surface area (Å²) in [6, 6.07) is 3.52. The molecule has 1 aliphatic carbocycles. The zero-order valence-corrected chi connectivity index (χ0v) is 14.8. The van der Waals surface area contributed by atoms with Crippen molar-refractivity contribution in [3.8, 4) is 0 Å². The lowest BCUT2D eigenvalue weighted by Crippen LogP contribution is -2.44. The number of nitrogens with zero attached hydrogens (tertiary/aromatic N) is 1. The number of ether oxygens (including phenoxy) is 1. The fourth-order valence-electron chi connectivity index (χ4n) is 4.16. The first-order chi connectivity index (χ1) is 12.1. The Labute approximate surface area is 147 Å². The maximum atomic E-state index is 12.8. The molecule has 3 aliphatic rings. The van der Waals surface area contributed by atoms with E-state index in [4.69, 9.17) is 9.15 Å². The van der Waals surface area contributed by atoms with Gasteiger partial charge in [0, 0.05) is 38.3 Å². The first-order valence-corrected chi connectivity index (χ1v) is 9.29. The van der Waals surface area contributed by atoms with E-state index in [1.807, 2.05) is 6.92 Å². The molecule has 2 amide bonds. The Kier molecular flexibility index (Phi) is 4.31. The van der Waals surface area contributed by atoms with Gasteiger partial charge in [-0.05, 0) is 50.7 Å². The number of hydrogen-bond acceptors (Lipinski definition) is 4. The van der Waals surface area contributed by atoms with Crippen LogP contribution in [0.1, 0.15) is 42.0 Å². The fraction of sp³-hybridized carbons (Fsp3) is 0.684. The van der Waals surface area contributed by atoms with E-state index in [1.54, 1.807) is 17.0 Å². The van der Waals surface area contributed by atoms with Gasteiger partial charge in [0.2, 0.25) is 5.91 Å². The van der Waals surface area contributed by atoms with Gasteiger partial charge < -0.3 is 19.4 Å². The molecular weight excluding hydrogens is 320 g/mol. The number of carbonyl (C=O) groups excluding carboxylic acids is 2. The molecule has 0 unspecified atom stereocenters. The van der Waals surface area contributed by atoms with Gasteiger partial charge in [0.05, 0.1) is 5.92 Å². The summed E-state index contributed by atoms with van der Waals surface area (Å²) in [7, 11) is 0. The highest BCUT2D eigenvalue weighted by atomic mass is 16.5. The fourth-order valence-corrected chi connectivity index (χ4v) is 4.16. The van der Waals surface area contributed by atoms with Gasteiger partial charge >= 0.3 is 0 Å². The zero-order chi connectivity index (χ0) is 17.4. The summed E-state index contributed by atoms with van der Waals surface area (Å²) in [6.45, 7) is 5.00. The summed E-state index contributed by atoms with van der Waals surface area (Å²) in [5.41, 5.74) is -0.164. The van der Waals surface area contributed by atoms with E-state index in [2.05, 4.69) is 5.32 Å². The third-order valence-corrected chi connectivity index (χ3v) is 5.95. The van der Waals surface area contributed by atoms with E-state index in [0.29, 0.717) is 38.0 Å². The van der Waals surface area contributed by atoms with Gasteiger partial charge in [-0.1, -0.05) is 0 Å². The maximum Gasteiger partial charge on any atom is 0.289 e. The van der Waals surface area contributed by atoms with Crippen molar-refractivity contribution in [1.29, 1.82) is 0 Å². The molecular formula is C19H26N2O4. The van der Waals surface area contributed by atoms with Gasteiger partial charge in [-0.15, -0.1) is 0 Å². The van der Waals surface area contributed by atoms with Crippen molar-refractivity contribution in [1.82, 2.24) is 10.2 Å². The Bertz CT molecular complexity index is 658. The third kappa shape index (κ3) is 3.32. The highest BCUT2D eigenvalue weighted by molar-refractivity contribution is 5.92. The molecule has 1 spiro atoms. The predicted molar refractivity (Wildman–Crippen MR) is 91.1 cm³/mol. The third-order valence-electron chi connectivity index (χ3n) is 5.95. The van der Waals surface area contributed by atoms with Crippen molar-refractivity contribution in [2.24, 2.45) is 17.3 Å². The largest absolute Gasteiger partial charge is 0.456 e. The van der Waals surface area contributed by atoms with Crippen molar-refractivity contribution >= 4 is 11.8 Å². The van der Waals surface area contributed by atoms with Gasteiger partial charge in [0.1, 0.15) is 5.76 Å². The second-order valence-corrected chi connectivity index (χ2v) is 7.81. The first kappa shape index (κ1) is 16.6. The first-order valence-electron chi connectivity index (χ1n) is 9.29. The molecule has 1 aromatic heterocycles. The molecule has 25 heavy (non-hydrogen) atoms. The highest BCUT2D eigenvalue weighted by Gasteiger charge is 2.52. The molecule has 6 nitrogen and oxygen atoms in total. The number of hydrogen-bond donors (Lipinski definition) is 1. The van der Waals surface area contributed by atoms with Crippen molar-refractivity contribution in [2.75, 3.05) is 32.8 Å². The van der Waals surface area contributed by atoms with Crippen molar-refractivity contribution in [3.05, 3.63) is 23.7 Å². The van der Waals surface area contributed by atoms with E-state index in [0.717, 1.165) is 25.1 Å². The molecule has 1 aromatic rings. The van der Waals surface area contributed by atoms with Crippen LogP contribution in [0.4, 0.5) is 0 Å². The smallest absolute Gasteiger partial charge is 0.289 e. The molecule has 2 saturated heterocycles. The summed E-state index contributed by atoms with van der Waals surface area (Å²) in [5.74, 6) is 1.56. The van der Waals surface area contributed by atoms with Gasteiger partial charge in [0.15, 0.2) is 5.76 Å². The Morgan fingerprint density at radius 3 is 2.68 bits per heavy atom. The summed E-state index contributed by atoms with van der Waals surface area (Å²) in [6.07, 6.45) is 4.09. The Hall–Kier alpha value is -1.82. The van der Waals surface area contributed by atoms with Crippen LogP contribution in [0.2, 0.25) is 0 Å². The number of carbonyl (C=O) groups is 2. The second-order valence-electron chi connectivity index (χ2n) is 7.81. The maximum absolute atomic E-state index is 12.8. The lowest BCUT2D eigenvalue weighted by atomic mass is 9.71. The summed E-state index contributed by atoms with van der Waals surface area (Å²) < 4.78 is 11.0. The molecule has 6 heteroatoms. The van der Waals surface area contributed by atoms with Gasteiger partial charge in [-0.25, -0.2) is 0 Å². The average molecular weight is 346 g/mol. The average Bonchev–Trinajstić information content (AvgIpc) is 3.24. The van der Waals surface area contributed by atoms with Crippen LogP contribution in [0, 0.1) is 24.2 Å². The number of nitrogens with one attached hydrogen (secondary N) is 1. The minimum atomic E-state index is -0.164. The van der Waals surface area contributed by atoms with E-state index < -0.39 is 0 Å². The van der Waals surface area contributed by atoms with E-state index in [-0.39, 0.29) is 23.1 Å². The molecule has 3 heterocycles. The molecule has 0 aromatic carbocycles. The second kappa shape index (κ2) is 6.48. The zero-order valence-electron chi connectivity index (χ0n) is 14.8. The predicted octanol–water partition coefficient (Wildman–Crippen LogP) is 1.98. The molecule has 3 fully saturated rings. The molecule has 1 saturated carbocycles. The summed E-state index contributed by atoms with van der Waals surface area (Å²) in [5, 5.41) is 3.12. The Balaban J connectivity index is 1.51. The number of likely N-dealkylation sites (tertiary alicyclic amines) is 1. The van der Waals surface area contributed by atoms with Crippen LogP contribution < -0.4 is 5.32 Å². The van der Waals surface area contributed by atoms with Gasteiger partial charge in [-0.3, -0.25) is 9.59 Å². The van der Waals surface area contributed by atoms with Crippen LogP contribution in [-0.4, -0.2) is 49.6 Å². The SMILES string of the molecule is Cc1ccc(C(=O)N2C[C@@H](C(=O)NCC3CC3)C3(CCOCC3)C2)o1. The van der Waals surface area contributed by atoms with E-state index in [9.17, 15) is 9.59 Å². The monoisotopic (exact) mass is 346 g/mol. The van der Waals surface area contributed by atoms with Crippen molar-refractivity contribution in [2.45, 2.75) is 32.6 Å². The molecule has 2 aliphatic heterocycles. The minimum absolute atomic E-state index is 0.0970. The van der Waals surface area contributed by atoms with Crippen LogP contribution in [0.25, 0.3) is 0 Å². The molecule has 0 bridgehead atoms. The summed E-state index contributed by atoms with van der Waals surface area (Å²) >= 11 is 0. The van der Waals surface area contributed by atoms with E-state index in [1.165, 1.54) is 12.8 Å². The van der Waals surface area contributed by atoms with Gasteiger partial charge in [-0.2, -0.15) is 0 Å². The van der Waals surface area contributed by atoms with Crippen molar-refractivity contribution in [3.63, 3.8) is 0 Å². The quantitative estimate of drug-likeness (QED) is 0.905. The van der Waals surface area contributed by atoms with Crippen LogP contribution in [0.5, 0.6) is 0 Å². The molecule has 1 N–H and O–H groups in total. The van der Waals surface area contributed by atoms with Gasteiger partial charge in [0.25, 0.3) is 5.91 Å². The summed E-state index contributed by atoms with van der Waals surface area (Å²) in [4.78, 5) is 27.4. The molecule has 4 rings (SSSR count). The Morgan fingerprint density at radius 1 is 1.28 bits per heavy atom. The number of rotatable bonds is 4. The lowest BCUT2D eigenvalue weighted by molar-refractivity contribution is -0.129. The molecule has 136 valence electrons. The highest BCUT2D eigenvalue weighted by Crippen LogP contribution is 2.45. The van der Waals surface area contributed by atoms with Crippen LogP contribution in [0.15, 0.2) is 16.5 Å². The lowest BCUT2D eigenvalue weighted by Gasteiger charge is -2.37. The van der Waals surface area contributed by atoms with Crippen molar-refractivity contribution < 1.29 is 18.7 Å². The van der Waals surface area contributed by atoms with Crippen LogP contribution in [-0.2, 0) is 9.53 Å². The Morgan fingerprint density at radius 2 is 2.04 bits per heavy atom. The standard InChI is InChI=1S/C19H26N2O4/c1-13-2-5-16(25-13)18(23)21-11-15(17(22)20-10-14-3-4-14)19(12-21)6-8-24-9-7-19/h2,5,14-15H,3-4,6-12H2,1H3,(H,20,22)/t15-/m0/s1. The van der Waals surface area contributed by atoms with Crippen LogP contribution >= 0.6 is 0 Å². The number of furan rings is 1. The van der Waals surface area contributed by atoms with E-state index >= 15 is 0 Å².